The van der Waals surface area contributed by atoms with Gasteiger partial charge in [0.2, 0.25) is 15.9 Å². The predicted molar refractivity (Wildman–Crippen MR) is 125 cm³/mol. The summed E-state index contributed by atoms with van der Waals surface area (Å²) in [6.07, 6.45) is 0. The monoisotopic (exact) mass is 492 g/mol. The maximum Gasteiger partial charge on any atom is 0.255 e. The fourth-order valence-corrected chi connectivity index (χ4v) is 5.13. The summed E-state index contributed by atoms with van der Waals surface area (Å²) in [7, 11) is -0.598. The molecule has 0 bridgehead atoms. The first kappa shape index (κ1) is 24.7. The number of nitrogens with one attached hydrogen (secondary N) is 1. The molecule has 1 saturated heterocycles. The number of carbonyl (C=O) groups is 3. The first-order chi connectivity index (χ1) is 15.5. The Hall–Kier alpha value is -2.95. The van der Waals surface area contributed by atoms with Crippen LogP contribution in [0.25, 0.3) is 0 Å². The molecule has 0 spiro atoms. The van der Waals surface area contributed by atoms with E-state index in [1.807, 2.05) is 0 Å². The highest BCUT2D eigenvalue weighted by Crippen LogP contribution is 2.23. The van der Waals surface area contributed by atoms with Crippen LogP contribution in [-0.2, 0) is 14.8 Å². The van der Waals surface area contributed by atoms with Crippen molar-refractivity contribution in [2.24, 2.45) is 0 Å². The zero-order chi connectivity index (χ0) is 24.3. The number of amides is 3. The van der Waals surface area contributed by atoms with Crippen molar-refractivity contribution in [2.45, 2.75) is 11.8 Å². The van der Waals surface area contributed by atoms with Gasteiger partial charge in [-0.05, 0) is 36.4 Å². The molecule has 1 aliphatic rings. The SMILES string of the molecule is CC(=O)N1CCN(S(=O)(=O)c2cccc(C(=O)Nc3ccc(C(=O)N(C)C)c(Cl)c3)c2)CC1. The number of carbonyl (C=O) groups excluding carboxylic acids is 3. The summed E-state index contributed by atoms with van der Waals surface area (Å²) in [4.78, 5) is 39.3. The lowest BCUT2D eigenvalue weighted by atomic mass is 10.1. The Bertz CT molecular complexity index is 1190. The molecule has 0 radical (unpaired) electrons. The molecule has 0 aliphatic carbocycles. The number of hydrogen-bond acceptors (Lipinski definition) is 5. The zero-order valence-corrected chi connectivity index (χ0v) is 20.1. The molecule has 1 fully saturated rings. The summed E-state index contributed by atoms with van der Waals surface area (Å²) in [5.41, 5.74) is 0.828. The molecule has 0 aromatic heterocycles. The largest absolute Gasteiger partial charge is 0.345 e. The van der Waals surface area contributed by atoms with Crippen LogP contribution in [0.4, 0.5) is 5.69 Å². The third-order valence-electron chi connectivity index (χ3n) is 5.28. The van der Waals surface area contributed by atoms with Crippen LogP contribution < -0.4 is 5.32 Å². The summed E-state index contributed by atoms with van der Waals surface area (Å²) >= 11 is 6.19. The molecule has 2 aromatic rings. The van der Waals surface area contributed by atoms with Crippen LogP contribution in [0.5, 0.6) is 0 Å². The number of sulfonamides is 1. The normalized spacial score (nSPS) is 14.6. The van der Waals surface area contributed by atoms with Gasteiger partial charge in [-0.15, -0.1) is 0 Å². The van der Waals surface area contributed by atoms with Crippen LogP contribution in [-0.4, -0.2) is 80.5 Å². The topological polar surface area (TPSA) is 107 Å². The van der Waals surface area contributed by atoms with E-state index in [2.05, 4.69) is 5.32 Å². The molecule has 3 amide bonds. The van der Waals surface area contributed by atoms with Crippen LogP contribution >= 0.6 is 11.6 Å². The van der Waals surface area contributed by atoms with E-state index < -0.39 is 15.9 Å². The Kier molecular flexibility index (Phi) is 7.41. The minimum atomic E-state index is -3.82. The average Bonchev–Trinajstić information content (AvgIpc) is 2.78. The first-order valence-corrected chi connectivity index (χ1v) is 12.0. The summed E-state index contributed by atoms with van der Waals surface area (Å²) in [5, 5.41) is 2.86. The van der Waals surface area contributed by atoms with Crippen molar-refractivity contribution in [3.05, 3.63) is 58.6 Å². The average molecular weight is 493 g/mol. The fourth-order valence-electron chi connectivity index (χ4n) is 3.40. The quantitative estimate of drug-likeness (QED) is 0.688. The van der Waals surface area contributed by atoms with Crippen LogP contribution in [0.1, 0.15) is 27.6 Å². The van der Waals surface area contributed by atoms with E-state index in [9.17, 15) is 22.8 Å². The molecule has 11 heteroatoms. The van der Waals surface area contributed by atoms with Gasteiger partial charge in [-0.1, -0.05) is 17.7 Å². The Balaban J connectivity index is 1.75. The molecule has 0 atom stereocenters. The van der Waals surface area contributed by atoms with Crippen LogP contribution in [0, 0.1) is 0 Å². The van der Waals surface area contributed by atoms with Gasteiger partial charge >= 0.3 is 0 Å². The number of benzene rings is 2. The maximum absolute atomic E-state index is 13.0. The predicted octanol–water partition coefficient (Wildman–Crippen LogP) is 2.15. The fraction of sp³-hybridized carbons (Fsp3) is 0.318. The van der Waals surface area contributed by atoms with E-state index >= 15 is 0 Å². The molecule has 1 aliphatic heterocycles. The summed E-state index contributed by atoms with van der Waals surface area (Å²) in [6.45, 7) is 2.47. The maximum atomic E-state index is 13.0. The Morgan fingerprint density at radius 3 is 2.24 bits per heavy atom. The molecule has 1 heterocycles. The molecular formula is C22H25ClN4O5S. The lowest BCUT2D eigenvalue weighted by Gasteiger charge is -2.33. The van der Waals surface area contributed by atoms with Gasteiger partial charge in [0.05, 0.1) is 15.5 Å². The minimum Gasteiger partial charge on any atom is -0.345 e. The molecule has 2 aromatic carbocycles. The number of rotatable bonds is 5. The Morgan fingerprint density at radius 1 is 1.00 bits per heavy atom. The van der Waals surface area contributed by atoms with Gasteiger partial charge in [0.1, 0.15) is 0 Å². The highest BCUT2D eigenvalue weighted by atomic mass is 35.5. The van der Waals surface area contributed by atoms with Crippen molar-refractivity contribution < 1.29 is 22.8 Å². The van der Waals surface area contributed by atoms with E-state index in [4.69, 9.17) is 11.6 Å². The number of halogens is 1. The summed E-state index contributed by atoms with van der Waals surface area (Å²) in [6, 6.07) is 10.3. The smallest absolute Gasteiger partial charge is 0.255 e. The van der Waals surface area contributed by atoms with Gasteiger partial charge < -0.3 is 15.1 Å². The molecule has 3 rings (SSSR count). The van der Waals surface area contributed by atoms with E-state index in [1.165, 1.54) is 52.5 Å². The molecule has 1 N–H and O–H groups in total. The second-order valence-electron chi connectivity index (χ2n) is 7.79. The summed E-state index contributed by atoms with van der Waals surface area (Å²) in [5.74, 6) is -0.874. The van der Waals surface area contributed by atoms with E-state index in [0.29, 0.717) is 24.3 Å². The number of hydrogen-bond donors (Lipinski definition) is 1. The highest BCUT2D eigenvalue weighted by molar-refractivity contribution is 7.89. The molecule has 0 saturated carbocycles. The molecule has 0 unspecified atom stereocenters. The van der Waals surface area contributed by atoms with E-state index in [-0.39, 0.29) is 40.4 Å². The lowest BCUT2D eigenvalue weighted by molar-refractivity contribution is -0.129. The molecular weight excluding hydrogens is 468 g/mol. The van der Waals surface area contributed by atoms with Crippen LogP contribution in [0.15, 0.2) is 47.4 Å². The van der Waals surface area contributed by atoms with Gasteiger partial charge in [-0.3, -0.25) is 14.4 Å². The van der Waals surface area contributed by atoms with Gasteiger partial charge in [0.25, 0.3) is 11.8 Å². The van der Waals surface area contributed by atoms with Gasteiger partial charge in [-0.25, -0.2) is 8.42 Å². The van der Waals surface area contributed by atoms with Crippen LogP contribution in [0.3, 0.4) is 0 Å². The number of nitrogens with zero attached hydrogens (tertiary/aromatic N) is 3. The number of anilines is 1. The highest BCUT2D eigenvalue weighted by Gasteiger charge is 2.29. The Morgan fingerprint density at radius 2 is 1.67 bits per heavy atom. The number of piperazine rings is 1. The molecule has 33 heavy (non-hydrogen) atoms. The summed E-state index contributed by atoms with van der Waals surface area (Å²) < 4.78 is 27.4. The van der Waals surface area contributed by atoms with Crippen LogP contribution in [0.2, 0.25) is 5.02 Å². The van der Waals surface area contributed by atoms with Gasteiger partial charge in [-0.2, -0.15) is 4.31 Å². The third kappa shape index (κ3) is 5.52. The van der Waals surface area contributed by atoms with Gasteiger partial charge in [0, 0.05) is 58.4 Å². The molecule has 176 valence electrons. The van der Waals surface area contributed by atoms with E-state index in [0.717, 1.165) is 0 Å². The van der Waals surface area contributed by atoms with Crippen molar-refractivity contribution in [2.75, 3.05) is 45.6 Å². The first-order valence-electron chi connectivity index (χ1n) is 10.2. The standard InChI is InChI=1S/C22H25ClN4O5S/c1-15(28)26-9-11-27(12-10-26)33(31,32)18-6-4-5-16(13-18)21(29)24-17-7-8-19(20(23)14-17)22(30)25(2)3/h4-8,13-14H,9-12H2,1-3H3,(H,24,29). The Labute approximate surface area is 198 Å². The zero-order valence-electron chi connectivity index (χ0n) is 18.5. The van der Waals surface area contributed by atoms with Crippen molar-refractivity contribution >= 4 is 45.0 Å². The van der Waals surface area contributed by atoms with Crippen molar-refractivity contribution in [3.8, 4) is 0 Å². The van der Waals surface area contributed by atoms with Crippen molar-refractivity contribution in [1.82, 2.24) is 14.1 Å². The van der Waals surface area contributed by atoms with Gasteiger partial charge in [0.15, 0.2) is 0 Å². The van der Waals surface area contributed by atoms with Crippen molar-refractivity contribution in [1.29, 1.82) is 0 Å². The second-order valence-corrected chi connectivity index (χ2v) is 10.1. The third-order valence-corrected chi connectivity index (χ3v) is 7.49. The minimum absolute atomic E-state index is 0.00335. The van der Waals surface area contributed by atoms with E-state index in [1.54, 1.807) is 25.1 Å². The van der Waals surface area contributed by atoms with Crippen molar-refractivity contribution in [3.63, 3.8) is 0 Å². The second kappa shape index (κ2) is 9.90. The lowest BCUT2D eigenvalue weighted by Crippen LogP contribution is -2.49. The molecule has 9 nitrogen and oxygen atoms in total.